The first-order valence-electron chi connectivity index (χ1n) is 8.99. The first-order chi connectivity index (χ1) is 14.5. The molecular formula is C19H24F2N5O4+. The molecule has 0 aliphatic heterocycles. The molecule has 2 rings (SSSR count). The van der Waals surface area contributed by atoms with Gasteiger partial charge in [0.1, 0.15) is 18.5 Å². The highest BCUT2D eigenvalue weighted by atomic mass is 19.1. The zero-order chi connectivity index (χ0) is 21.9. The first kappa shape index (κ1) is 23.0. The fourth-order valence-electron chi connectivity index (χ4n) is 2.35. The van der Waals surface area contributed by atoms with E-state index in [1.54, 1.807) is 6.20 Å². The molecule has 0 aliphatic rings. The molecule has 0 aliphatic carbocycles. The standard InChI is InChI=1S/C19H23F2N5O4/c1-28-15-6-16(29-2)18(21)14(17(15)20)11-30-13-9-24-19(25-10-13)26-12(7-22)8-23-4-3-5-27/h6-10,22-23,27H,3-5,11H2,1-2H3,(H,24,25,26)/p+1/b12-8+,22-7?. The van der Waals surface area contributed by atoms with Gasteiger partial charge in [0.25, 0.3) is 0 Å². The van der Waals surface area contributed by atoms with Crippen LogP contribution in [0.2, 0.25) is 0 Å². The largest absolute Gasteiger partial charge is 0.494 e. The summed E-state index contributed by atoms with van der Waals surface area (Å²) < 4.78 is 43.9. The lowest BCUT2D eigenvalue weighted by atomic mass is 10.1. The van der Waals surface area contributed by atoms with Gasteiger partial charge in [0.15, 0.2) is 28.9 Å². The van der Waals surface area contributed by atoms with Crippen molar-refractivity contribution in [2.24, 2.45) is 0 Å². The Kier molecular flexibility index (Phi) is 8.91. The van der Waals surface area contributed by atoms with Crippen LogP contribution in [0.25, 0.3) is 0 Å². The maximum Gasteiger partial charge on any atom is 0.227 e. The van der Waals surface area contributed by atoms with Gasteiger partial charge in [-0.3, -0.25) is 0 Å². The molecule has 0 unspecified atom stereocenters. The predicted molar refractivity (Wildman–Crippen MR) is 105 cm³/mol. The van der Waals surface area contributed by atoms with Crippen molar-refractivity contribution >= 4 is 12.2 Å². The number of halogens is 2. The first-order valence-corrected chi connectivity index (χ1v) is 8.99. The number of nitrogens with one attached hydrogen (secondary N) is 2. The van der Waals surface area contributed by atoms with E-state index < -0.39 is 18.2 Å². The highest BCUT2D eigenvalue weighted by Gasteiger charge is 2.20. The third kappa shape index (κ3) is 6.09. The lowest BCUT2D eigenvalue weighted by Crippen LogP contribution is -2.78. The third-order valence-electron chi connectivity index (χ3n) is 3.91. The Balaban J connectivity index is 2.04. The average Bonchev–Trinajstić information content (AvgIpc) is 2.77. The van der Waals surface area contributed by atoms with Crippen molar-refractivity contribution in [2.75, 3.05) is 32.7 Å². The molecule has 0 atom stereocenters. The zero-order valence-corrected chi connectivity index (χ0v) is 16.6. The predicted octanol–water partition coefficient (Wildman–Crippen LogP) is 1.20. The van der Waals surface area contributed by atoms with Crippen LogP contribution in [-0.2, 0) is 6.61 Å². The van der Waals surface area contributed by atoms with Crippen LogP contribution in [0.5, 0.6) is 17.2 Å². The topological polar surface area (TPSA) is 126 Å². The van der Waals surface area contributed by atoms with E-state index in [0.717, 1.165) is 12.3 Å². The molecule has 1 aromatic carbocycles. The lowest BCUT2D eigenvalue weighted by molar-refractivity contribution is -0.588. The van der Waals surface area contributed by atoms with Crippen molar-refractivity contribution in [1.29, 1.82) is 5.41 Å². The number of quaternary nitrogens is 1. The van der Waals surface area contributed by atoms with Crippen LogP contribution in [0.3, 0.4) is 0 Å². The van der Waals surface area contributed by atoms with Crippen molar-refractivity contribution in [3.63, 3.8) is 0 Å². The summed E-state index contributed by atoms with van der Waals surface area (Å²) in [5.74, 6) is -1.68. The van der Waals surface area contributed by atoms with Crippen molar-refractivity contribution in [3.8, 4) is 17.2 Å². The highest BCUT2D eigenvalue weighted by Crippen LogP contribution is 2.31. The summed E-state index contributed by atoms with van der Waals surface area (Å²) in [4.78, 5) is 8.11. The van der Waals surface area contributed by atoms with Crippen LogP contribution < -0.4 is 24.8 Å². The van der Waals surface area contributed by atoms with Gasteiger partial charge in [-0.15, -0.1) is 0 Å². The Morgan fingerprint density at radius 2 is 1.83 bits per heavy atom. The van der Waals surface area contributed by atoms with Gasteiger partial charge < -0.3 is 35.4 Å². The summed E-state index contributed by atoms with van der Waals surface area (Å²) >= 11 is 0. The van der Waals surface area contributed by atoms with E-state index in [9.17, 15) is 8.78 Å². The van der Waals surface area contributed by atoms with Gasteiger partial charge in [0, 0.05) is 25.3 Å². The van der Waals surface area contributed by atoms with E-state index in [1.807, 2.05) is 5.32 Å². The number of aliphatic hydroxyl groups excluding tert-OH is 1. The molecule has 0 spiro atoms. The summed E-state index contributed by atoms with van der Waals surface area (Å²) in [5.41, 5.74) is 0.107. The molecule has 1 aromatic heterocycles. The van der Waals surface area contributed by atoms with E-state index in [1.165, 1.54) is 26.6 Å². The van der Waals surface area contributed by atoms with Crippen molar-refractivity contribution < 1.29 is 33.4 Å². The van der Waals surface area contributed by atoms with Crippen LogP contribution in [0.4, 0.5) is 14.7 Å². The fraction of sp³-hybridized carbons (Fsp3) is 0.316. The van der Waals surface area contributed by atoms with Gasteiger partial charge in [-0.05, 0) is 0 Å². The molecule has 1 heterocycles. The molecule has 0 bridgehead atoms. The normalized spacial score (nSPS) is 11.2. The quantitative estimate of drug-likeness (QED) is 0.298. The number of hydrogen-bond acceptors (Lipinski definition) is 8. The van der Waals surface area contributed by atoms with Gasteiger partial charge in [0.2, 0.25) is 5.95 Å². The third-order valence-corrected chi connectivity index (χ3v) is 3.91. The highest BCUT2D eigenvalue weighted by molar-refractivity contribution is 5.79. The number of aromatic nitrogens is 2. The molecule has 30 heavy (non-hydrogen) atoms. The molecule has 11 heteroatoms. The van der Waals surface area contributed by atoms with Gasteiger partial charge >= 0.3 is 0 Å². The summed E-state index contributed by atoms with van der Waals surface area (Å²) in [6, 6.07) is 1.12. The number of nitrogens with zero attached hydrogens (tertiary/aromatic N) is 2. The smallest absolute Gasteiger partial charge is 0.227 e. The van der Waals surface area contributed by atoms with Gasteiger partial charge in [-0.25, -0.2) is 18.7 Å². The van der Waals surface area contributed by atoms with Crippen molar-refractivity contribution in [2.45, 2.75) is 13.0 Å². The molecule has 5 N–H and O–H groups in total. The maximum absolute atomic E-state index is 14.4. The number of ether oxygens (including phenoxy) is 3. The van der Waals surface area contributed by atoms with Gasteiger partial charge in [0.05, 0.1) is 38.7 Å². The maximum atomic E-state index is 14.4. The van der Waals surface area contributed by atoms with Gasteiger partial charge in [-0.2, -0.15) is 0 Å². The van der Waals surface area contributed by atoms with Gasteiger partial charge in [-0.1, -0.05) is 0 Å². The van der Waals surface area contributed by atoms with E-state index in [4.69, 9.17) is 24.7 Å². The monoisotopic (exact) mass is 424 g/mol. The van der Waals surface area contributed by atoms with E-state index >= 15 is 0 Å². The lowest BCUT2D eigenvalue weighted by Gasteiger charge is -2.13. The second-order valence-electron chi connectivity index (χ2n) is 5.91. The minimum Gasteiger partial charge on any atom is -0.494 e. The van der Waals surface area contributed by atoms with Crippen LogP contribution in [0, 0.1) is 17.0 Å². The summed E-state index contributed by atoms with van der Waals surface area (Å²) in [6.07, 6.45) is 6.08. The molecule has 0 amide bonds. The Hall–Kier alpha value is -3.31. The molecule has 0 saturated heterocycles. The van der Waals surface area contributed by atoms with E-state index in [2.05, 4.69) is 15.3 Å². The second-order valence-corrected chi connectivity index (χ2v) is 5.91. The number of hydrogen-bond donors (Lipinski definition) is 4. The number of anilines is 1. The fourth-order valence-corrected chi connectivity index (χ4v) is 2.35. The van der Waals surface area contributed by atoms with Crippen LogP contribution >= 0.6 is 0 Å². The Bertz CT molecular complexity index is 850. The molecule has 0 saturated carbocycles. The minimum atomic E-state index is -0.881. The minimum absolute atomic E-state index is 0.0958. The second kappa shape index (κ2) is 11.6. The average molecular weight is 424 g/mol. The molecule has 162 valence electrons. The molecule has 9 nitrogen and oxygen atoms in total. The number of benzene rings is 1. The van der Waals surface area contributed by atoms with Crippen LogP contribution in [0.15, 0.2) is 30.4 Å². The summed E-state index contributed by atoms with van der Waals surface area (Å²) in [7, 11) is 2.53. The number of allylic oxidation sites excluding steroid dienone is 1. The van der Waals surface area contributed by atoms with Crippen molar-refractivity contribution in [1.82, 2.24) is 9.97 Å². The summed E-state index contributed by atoms with van der Waals surface area (Å²) in [6.45, 7) is 0.344. The molecule has 0 fully saturated rings. The summed E-state index contributed by atoms with van der Waals surface area (Å²) in [5, 5.41) is 20.8. The number of methoxy groups -OCH3 is 2. The van der Waals surface area contributed by atoms with E-state index in [-0.39, 0.29) is 35.4 Å². The van der Waals surface area contributed by atoms with E-state index in [0.29, 0.717) is 18.7 Å². The number of rotatable bonds is 12. The van der Waals surface area contributed by atoms with Crippen LogP contribution in [-0.4, -0.2) is 48.7 Å². The molecule has 2 aromatic rings. The zero-order valence-electron chi connectivity index (χ0n) is 16.6. The van der Waals surface area contributed by atoms with Crippen molar-refractivity contribution in [3.05, 3.63) is 47.6 Å². The molecular weight excluding hydrogens is 400 g/mol. The van der Waals surface area contributed by atoms with Crippen LogP contribution in [0.1, 0.15) is 12.0 Å². The number of nitrogens with two attached hydrogens (primary N) is 1. The Labute approximate surface area is 172 Å². The Morgan fingerprint density at radius 3 is 2.37 bits per heavy atom. The molecule has 0 radical (unpaired) electrons. The SMILES string of the molecule is COc1cc(OC)c(F)c(COc2cnc(N/C(C=N)=C/[NH2+]CCCO)nc2)c1F. The Morgan fingerprint density at radius 1 is 1.20 bits per heavy atom. The number of aliphatic hydroxyl groups is 1.